The van der Waals surface area contributed by atoms with Gasteiger partial charge in [0, 0.05) is 13.5 Å². The Morgan fingerprint density at radius 1 is 0.694 bits per heavy atom. The number of amides is 1. The van der Waals surface area contributed by atoms with Crippen LogP contribution in [0.4, 0.5) is 0 Å². The van der Waals surface area contributed by atoms with E-state index in [2.05, 4.69) is 25.2 Å². The van der Waals surface area contributed by atoms with Crippen LogP contribution in [0.25, 0.3) is 0 Å². The number of nitrogens with zero attached hydrogens (tertiary/aromatic N) is 1. The summed E-state index contributed by atoms with van der Waals surface area (Å²) in [4.78, 5) is 23.3. The number of carbonyl (C=O) groups excluding carboxylic acids is 1. The Morgan fingerprint density at radius 2 is 1.12 bits per heavy atom. The number of hydrogen-bond donors (Lipinski definition) is 2. The number of phosphoric acid groups is 1. The largest absolute Gasteiger partial charge is 0.472 e. The number of hydrogen-bond acceptors (Lipinski definition) is 5. The number of carbonyl (C=O) groups is 1. The zero-order valence-electron chi connectivity index (χ0n) is 33.2. The highest BCUT2D eigenvalue weighted by Crippen LogP contribution is 2.43. The number of likely N-dealkylation sites (N-methyl/N-ethyl adjacent to an activating group) is 1. The van der Waals surface area contributed by atoms with Gasteiger partial charge in [-0.25, -0.2) is 4.57 Å². The third-order valence-electron chi connectivity index (χ3n) is 9.26. The highest BCUT2D eigenvalue weighted by molar-refractivity contribution is 7.47. The summed E-state index contributed by atoms with van der Waals surface area (Å²) >= 11 is 0. The molecular weight excluding hydrogens is 635 g/mol. The maximum Gasteiger partial charge on any atom is 0.472 e. The molecule has 0 heterocycles. The molecule has 0 aliphatic heterocycles. The fourth-order valence-corrected chi connectivity index (χ4v) is 6.71. The van der Waals surface area contributed by atoms with E-state index in [4.69, 9.17) is 13.8 Å². The van der Waals surface area contributed by atoms with Crippen molar-refractivity contribution in [3.63, 3.8) is 0 Å². The summed E-state index contributed by atoms with van der Waals surface area (Å²) in [6, 6.07) is -0.601. The van der Waals surface area contributed by atoms with E-state index < -0.39 is 20.0 Å². The molecule has 0 rings (SSSR count). The van der Waals surface area contributed by atoms with Crippen molar-refractivity contribution in [2.24, 2.45) is 0 Å². The summed E-state index contributed by atoms with van der Waals surface area (Å²) in [6.45, 7) is 5.01. The third-order valence-corrected chi connectivity index (χ3v) is 10.2. The van der Waals surface area contributed by atoms with Crippen molar-refractivity contribution in [3.8, 4) is 0 Å². The quantitative estimate of drug-likeness (QED) is 0.0288. The third kappa shape index (κ3) is 34.1. The normalized spacial score (nSPS) is 14.7. The summed E-state index contributed by atoms with van der Waals surface area (Å²) in [6.07, 6.45) is 35.7. The number of allylic oxidation sites excluding steroid dienone is 1. The minimum atomic E-state index is -4.28. The summed E-state index contributed by atoms with van der Waals surface area (Å²) in [7, 11) is 3.28. The first-order valence-corrected chi connectivity index (χ1v) is 21.9. The van der Waals surface area contributed by atoms with E-state index >= 15 is 0 Å². The Labute approximate surface area is 304 Å². The van der Waals surface area contributed by atoms with Crippen LogP contribution in [0, 0.1) is 0 Å². The van der Waals surface area contributed by atoms with E-state index in [1.165, 1.54) is 128 Å². The van der Waals surface area contributed by atoms with E-state index in [0.29, 0.717) is 17.4 Å². The first kappa shape index (κ1) is 48.2. The van der Waals surface area contributed by atoms with Crippen molar-refractivity contribution in [1.29, 1.82) is 0 Å². The standard InChI is InChI=1S/C40H81N2O6P/c1-7-9-11-13-15-17-19-21-23-25-27-29-31-33-39(46-6)38(37-48-49(44,45)47-36-35-42(3,4)5)41-40(43)34-32-30-28-26-24-22-20-18-16-14-12-10-8-2/h31,33,38-39H,7-30,32,34-37H2,1-6H3,(H-,41,43,44,45)/p+1/b33-31+/t38-,39+/m1/s1. The van der Waals surface area contributed by atoms with E-state index in [-0.39, 0.29) is 19.1 Å². The van der Waals surface area contributed by atoms with E-state index in [1.807, 2.05) is 27.2 Å². The Morgan fingerprint density at radius 3 is 1.55 bits per heavy atom. The monoisotopic (exact) mass is 718 g/mol. The van der Waals surface area contributed by atoms with Gasteiger partial charge < -0.3 is 19.4 Å². The molecule has 0 bridgehead atoms. The number of rotatable bonds is 37. The Bertz CT molecular complexity index is 819. The van der Waals surface area contributed by atoms with Gasteiger partial charge in [0.15, 0.2) is 0 Å². The lowest BCUT2D eigenvalue weighted by molar-refractivity contribution is -0.870. The maximum atomic E-state index is 13.0. The molecule has 0 radical (unpaired) electrons. The average molecular weight is 718 g/mol. The minimum absolute atomic E-state index is 0.0868. The smallest absolute Gasteiger partial charge is 0.375 e. The topological polar surface area (TPSA) is 94.1 Å². The fraction of sp³-hybridized carbons (Fsp3) is 0.925. The number of quaternary nitrogens is 1. The first-order valence-electron chi connectivity index (χ1n) is 20.5. The molecule has 9 heteroatoms. The molecule has 1 unspecified atom stereocenters. The predicted octanol–water partition coefficient (Wildman–Crippen LogP) is 11.1. The van der Waals surface area contributed by atoms with Gasteiger partial charge in [-0.3, -0.25) is 13.8 Å². The Hall–Kier alpha value is -0.760. The second-order valence-corrected chi connectivity index (χ2v) is 16.7. The van der Waals surface area contributed by atoms with E-state index in [1.54, 1.807) is 7.11 Å². The average Bonchev–Trinajstić information content (AvgIpc) is 3.05. The maximum absolute atomic E-state index is 13.0. The zero-order valence-corrected chi connectivity index (χ0v) is 34.1. The zero-order chi connectivity index (χ0) is 36.5. The van der Waals surface area contributed by atoms with Crippen molar-refractivity contribution >= 4 is 13.7 Å². The second-order valence-electron chi connectivity index (χ2n) is 15.2. The lowest BCUT2D eigenvalue weighted by Crippen LogP contribution is -2.46. The molecule has 0 aromatic rings. The van der Waals surface area contributed by atoms with Crippen molar-refractivity contribution in [3.05, 3.63) is 12.2 Å². The number of phosphoric ester groups is 1. The molecule has 8 nitrogen and oxygen atoms in total. The fourth-order valence-electron chi connectivity index (χ4n) is 5.98. The van der Waals surface area contributed by atoms with Crippen LogP contribution in [0.2, 0.25) is 0 Å². The predicted molar refractivity (Wildman–Crippen MR) is 208 cm³/mol. The summed E-state index contributed by atoms with van der Waals surface area (Å²) in [5.74, 6) is -0.0868. The van der Waals surface area contributed by atoms with Crippen molar-refractivity contribution in [2.45, 2.75) is 193 Å². The number of methoxy groups -OCH3 is 1. The molecule has 0 aliphatic rings. The van der Waals surface area contributed by atoms with Gasteiger partial charge in [-0.1, -0.05) is 167 Å². The van der Waals surface area contributed by atoms with Gasteiger partial charge in [-0.15, -0.1) is 0 Å². The Balaban J connectivity index is 4.64. The van der Waals surface area contributed by atoms with Gasteiger partial charge in [0.1, 0.15) is 13.2 Å². The van der Waals surface area contributed by atoms with Gasteiger partial charge in [0.25, 0.3) is 0 Å². The SMILES string of the molecule is CCCCCCCCCCCCC/C=C/[C@H](OC)[C@@H](COP(=O)(O)OCC[N+](C)(C)C)NC(=O)CCCCCCCCCCCCCCC. The van der Waals surface area contributed by atoms with Crippen LogP contribution >= 0.6 is 7.82 Å². The summed E-state index contributed by atoms with van der Waals surface area (Å²) in [5.41, 5.74) is 0. The van der Waals surface area contributed by atoms with Crippen LogP contribution in [-0.2, 0) is 23.1 Å². The van der Waals surface area contributed by atoms with Gasteiger partial charge in [-0.2, -0.15) is 0 Å². The van der Waals surface area contributed by atoms with Crippen LogP contribution in [0.15, 0.2) is 12.2 Å². The molecule has 0 fully saturated rings. The van der Waals surface area contributed by atoms with Crippen LogP contribution in [0.3, 0.4) is 0 Å². The highest BCUT2D eigenvalue weighted by Gasteiger charge is 2.28. The minimum Gasteiger partial charge on any atom is -0.375 e. The van der Waals surface area contributed by atoms with Crippen molar-refractivity contribution < 1.29 is 32.5 Å². The van der Waals surface area contributed by atoms with E-state index in [9.17, 15) is 14.3 Å². The Kier molecular flexibility index (Phi) is 32.6. The molecule has 0 saturated carbocycles. The van der Waals surface area contributed by atoms with Gasteiger partial charge in [0.2, 0.25) is 5.91 Å². The van der Waals surface area contributed by atoms with Gasteiger partial charge in [0.05, 0.1) is 39.9 Å². The lowest BCUT2D eigenvalue weighted by Gasteiger charge is -2.26. The molecule has 0 aromatic carbocycles. The van der Waals surface area contributed by atoms with Crippen molar-refractivity contribution in [1.82, 2.24) is 5.32 Å². The van der Waals surface area contributed by atoms with Crippen LogP contribution in [-0.4, -0.2) is 75.4 Å². The molecule has 0 saturated heterocycles. The molecule has 2 N–H and O–H groups in total. The second kappa shape index (κ2) is 33.1. The molecule has 292 valence electrons. The molecule has 0 spiro atoms. The molecular formula is C40H82N2O6P+. The first-order chi connectivity index (χ1) is 23.5. The van der Waals surface area contributed by atoms with Crippen LogP contribution < -0.4 is 5.32 Å². The molecule has 49 heavy (non-hydrogen) atoms. The molecule has 0 aromatic heterocycles. The number of ether oxygens (including phenoxy) is 1. The highest BCUT2D eigenvalue weighted by atomic mass is 31.2. The molecule has 3 atom stereocenters. The lowest BCUT2D eigenvalue weighted by atomic mass is 10.0. The van der Waals surface area contributed by atoms with Crippen molar-refractivity contribution in [2.75, 3.05) is 48.0 Å². The summed E-state index contributed by atoms with van der Waals surface area (Å²) in [5, 5.41) is 3.03. The van der Waals surface area contributed by atoms with Gasteiger partial charge in [-0.05, 0) is 19.3 Å². The number of unbranched alkanes of at least 4 members (excludes halogenated alkanes) is 23. The molecule has 0 aliphatic carbocycles. The van der Waals surface area contributed by atoms with Crippen LogP contribution in [0.1, 0.15) is 181 Å². The molecule has 1 amide bonds. The number of nitrogens with one attached hydrogen (secondary N) is 1. The van der Waals surface area contributed by atoms with Crippen LogP contribution in [0.5, 0.6) is 0 Å². The van der Waals surface area contributed by atoms with Gasteiger partial charge >= 0.3 is 7.82 Å². The van der Waals surface area contributed by atoms with E-state index in [0.717, 1.165) is 32.1 Å². The summed E-state index contributed by atoms with van der Waals surface area (Å²) < 4.78 is 29.6.